The predicted molar refractivity (Wildman–Crippen MR) is 63.9 cm³/mol. The van der Waals surface area contributed by atoms with Gasteiger partial charge in [0.15, 0.2) is 0 Å². The van der Waals surface area contributed by atoms with Crippen LogP contribution in [0.2, 0.25) is 0 Å². The molecule has 0 aliphatic heterocycles. The minimum absolute atomic E-state index is 0.0831. The van der Waals surface area contributed by atoms with Crippen molar-refractivity contribution in [2.75, 3.05) is 6.54 Å². The zero-order valence-corrected chi connectivity index (χ0v) is 10.1. The lowest BCUT2D eigenvalue weighted by Crippen LogP contribution is -2.32. The highest BCUT2D eigenvalue weighted by molar-refractivity contribution is 5.75. The fourth-order valence-corrected chi connectivity index (χ4v) is 2.17. The summed E-state index contributed by atoms with van der Waals surface area (Å²) in [4.78, 5) is 11.5. The number of aliphatic hydroxyl groups excluding tert-OH is 1. The van der Waals surface area contributed by atoms with Gasteiger partial charge in [-0.15, -0.1) is 0 Å². The van der Waals surface area contributed by atoms with Crippen LogP contribution >= 0.6 is 0 Å². The fourth-order valence-electron chi connectivity index (χ4n) is 2.17. The summed E-state index contributed by atoms with van der Waals surface area (Å²) >= 11 is 0. The quantitative estimate of drug-likeness (QED) is 0.629. The highest BCUT2D eigenvalue weighted by Crippen LogP contribution is 2.24. The molecule has 0 bridgehead atoms. The van der Waals surface area contributed by atoms with E-state index in [2.05, 4.69) is 5.32 Å². The van der Waals surface area contributed by atoms with Gasteiger partial charge in [-0.1, -0.05) is 6.42 Å². The Bertz CT molecular complexity index is 219. The molecule has 0 saturated heterocycles. The van der Waals surface area contributed by atoms with Crippen LogP contribution < -0.4 is 11.1 Å². The summed E-state index contributed by atoms with van der Waals surface area (Å²) in [5.74, 6) is 0.345. The summed E-state index contributed by atoms with van der Waals surface area (Å²) in [6, 6.07) is 0.171. The zero-order valence-electron chi connectivity index (χ0n) is 10.1. The maximum atomic E-state index is 11.5. The molecule has 4 nitrogen and oxygen atoms in total. The van der Waals surface area contributed by atoms with Crippen LogP contribution in [0.3, 0.4) is 0 Å². The molecule has 0 spiro atoms. The van der Waals surface area contributed by atoms with Gasteiger partial charge in [-0.3, -0.25) is 4.79 Å². The molecular weight excluding hydrogens is 204 g/mol. The Hall–Kier alpha value is -0.610. The van der Waals surface area contributed by atoms with Crippen molar-refractivity contribution in [2.45, 2.75) is 57.6 Å². The summed E-state index contributed by atoms with van der Waals surface area (Å²) in [5.41, 5.74) is 5.61. The number of rotatable bonds is 6. The molecule has 1 saturated carbocycles. The van der Waals surface area contributed by atoms with Crippen molar-refractivity contribution in [3.05, 3.63) is 0 Å². The number of hydrogen-bond donors (Lipinski definition) is 3. The van der Waals surface area contributed by atoms with Crippen LogP contribution in [0.15, 0.2) is 0 Å². The van der Waals surface area contributed by atoms with Gasteiger partial charge in [0.05, 0.1) is 6.10 Å². The van der Waals surface area contributed by atoms with Gasteiger partial charge in [0, 0.05) is 24.9 Å². The Labute approximate surface area is 97.6 Å². The van der Waals surface area contributed by atoms with Crippen LogP contribution in [-0.4, -0.2) is 29.7 Å². The van der Waals surface area contributed by atoms with Gasteiger partial charge in [-0.05, 0) is 32.6 Å². The first-order valence-corrected chi connectivity index (χ1v) is 6.30. The molecule has 1 amide bonds. The smallest absolute Gasteiger partial charge is 0.220 e. The molecular formula is C12H24N2O2. The first-order chi connectivity index (χ1) is 7.59. The normalized spacial score (nSPS) is 26.7. The third-order valence-electron chi connectivity index (χ3n) is 3.24. The lowest BCUT2D eigenvalue weighted by atomic mass is 10.1. The third-order valence-corrected chi connectivity index (χ3v) is 3.24. The Morgan fingerprint density at radius 1 is 1.56 bits per heavy atom. The molecule has 1 fully saturated rings. The van der Waals surface area contributed by atoms with Crippen LogP contribution in [0.25, 0.3) is 0 Å². The van der Waals surface area contributed by atoms with Crippen LogP contribution in [-0.2, 0) is 4.79 Å². The van der Waals surface area contributed by atoms with Gasteiger partial charge in [0.25, 0.3) is 0 Å². The standard InChI is InChI=1S/C12H24N2O2/c1-9(13)4-2-7-12(16)14-8-10-5-3-6-11(10)15/h9-11,15H,2-8,13H2,1H3,(H,14,16). The van der Waals surface area contributed by atoms with Gasteiger partial charge in [-0.2, -0.15) is 0 Å². The second-order valence-electron chi connectivity index (χ2n) is 4.93. The monoisotopic (exact) mass is 228 g/mol. The second-order valence-corrected chi connectivity index (χ2v) is 4.93. The van der Waals surface area contributed by atoms with E-state index in [9.17, 15) is 9.90 Å². The summed E-state index contributed by atoms with van der Waals surface area (Å²) in [6.45, 7) is 2.57. The largest absolute Gasteiger partial charge is 0.393 e. The second kappa shape index (κ2) is 6.86. The van der Waals surface area contributed by atoms with Crippen molar-refractivity contribution in [2.24, 2.45) is 11.7 Å². The van der Waals surface area contributed by atoms with E-state index in [0.29, 0.717) is 13.0 Å². The third kappa shape index (κ3) is 4.94. The summed E-state index contributed by atoms with van der Waals surface area (Å²) in [6.07, 6.45) is 5.05. The van der Waals surface area contributed by atoms with Crippen molar-refractivity contribution in [1.82, 2.24) is 5.32 Å². The molecule has 4 N–H and O–H groups in total. The molecule has 16 heavy (non-hydrogen) atoms. The van der Waals surface area contributed by atoms with Gasteiger partial charge in [0.1, 0.15) is 0 Å². The summed E-state index contributed by atoms with van der Waals surface area (Å²) < 4.78 is 0. The predicted octanol–water partition coefficient (Wildman–Crippen LogP) is 0.781. The topological polar surface area (TPSA) is 75.4 Å². The van der Waals surface area contributed by atoms with Crippen molar-refractivity contribution in [1.29, 1.82) is 0 Å². The molecule has 0 aromatic rings. The minimum atomic E-state index is -0.218. The van der Waals surface area contributed by atoms with Gasteiger partial charge in [0.2, 0.25) is 5.91 Å². The highest BCUT2D eigenvalue weighted by Gasteiger charge is 2.25. The molecule has 3 unspecified atom stereocenters. The van der Waals surface area contributed by atoms with E-state index in [0.717, 1.165) is 32.1 Å². The molecule has 0 radical (unpaired) electrons. The van der Waals surface area contributed by atoms with Gasteiger partial charge < -0.3 is 16.2 Å². The summed E-state index contributed by atoms with van der Waals surface area (Å²) in [7, 11) is 0. The van der Waals surface area contributed by atoms with Crippen LogP contribution in [0.5, 0.6) is 0 Å². The van der Waals surface area contributed by atoms with Crippen molar-refractivity contribution in [3.63, 3.8) is 0 Å². The Morgan fingerprint density at radius 3 is 2.88 bits per heavy atom. The lowest BCUT2D eigenvalue weighted by Gasteiger charge is -2.15. The van der Waals surface area contributed by atoms with Crippen LogP contribution in [0, 0.1) is 5.92 Å². The Balaban J connectivity index is 2.05. The van der Waals surface area contributed by atoms with Crippen molar-refractivity contribution in [3.8, 4) is 0 Å². The molecule has 0 aromatic carbocycles. The number of hydrogen-bond acceptors (Lipinski definition) is 3. The highest BCUT2D eigenvalue weighted by atomic mass is 16.3. The zero-order chi connectivity index (χ0) is 12.0. The molecule has 1 aliphatic rings. The lowest BCUT2D eigenvalue weighted by molar-refractivity contribution is -0.121. The maximum Gasteiger partial charge on any atom is 0.220 e. The summed E-state index contributed by atoms with van der Waals surface area (Å²) in [5, 5.41) is 12.5. The molecule has 94 valence electrons. The van der Waals surface area contributed by atoms with E-state index in [1.165, 1.54) is 0 Å². The number of carbonyl (C=O) groups excluding carboxylic acids is 1. The molecule has 1 rings (SSSR count). The van der Waals surface area contributed by atoms with E-state index in [-0.39, 0.29) is 24.0 Å². The number of nitrogens with one attached hydrogen (secondary N) is 1. The van der Waals surface area contributed by atoms with Crippen LogP contribution in [0.4, 0.5) is 0 Å². The number of nitrogens with two attached hydrogens (primary N) is 1. The van der Waals surface area contributed by atoms with E-state index < -0.39 is 0 Å². The fraction of sp³-hybridized carbons (Fsp3) is 0.917. The molecule has 1 aliphatic carbocycles. The number of carbonyl (C=O) groups is 1. The van der Waals surface area contributed by atoms with E-state index in [1.807, 2.05) is 6.92 Å². The first kappa shape index (κ1) is 13.5. The van der Waals surface area contributed by atoms with E-state index in [1.54, 1.807) is 0 Å². The minimum Gasteiger partial charge on any atom is -0.393 e. The van der Waals surface area contributed by atoms with Gasteiger partial charge in [-0.25, -0.2) is 0 Å². The van der Waals surface area contributed by atoms with E-state index in [4.69, 9.17) is 5.73 Å². The number of aliphatic hydroxyl groups is 1. The Kier molecular flexibility index (Phi) is 5.77. The first-order valence-electron chi connectivity index (χ1n) is 6.30. The Morgan fingerprint density at radius 2 is 2.31 bits per heavy atom. The molecule has 0 aromatic heterocycles. The molecule has 3 atom stereocenters. The SMILES string of the molecule is CC(N)CCCC(=O)NCC1CCCC1O. The molecule has 0 heterocycles. The molecule has 4 heteroatoms. The number of amides is 1. The van der Waals surface area contributed by atoms with E-state index >= 15 is 0 Å². The average molecular weight is 228 g/mol. The van der Waals surface area contributed by atoms with Crippen molar-refractivity contribution >= 4 is 5.91 Å². The maximum absolute atomic E-state index is 11.5. The van der Waals surface area contributed by atoms with Gasteiger partial charge >= 0.3 is 0 Å². The van der Waals surface area contributed by atoms with Crippen molar-refractivity contribution < 1.29 is 9.90 Å². The average Bonchev–Trinajstić information content (AvgIpc) is 2.60. The van der Waals surface area contributed by atoms with Crippen LogP contribution in [0.1, 0.15) is 45.4 Å².